The van der Waals surface area contributed by atoms with E-state index in [-0.39, 0.29) is 17.8 Å². The van der Waals surface area contributed by atoms with Crippen molar-refractivity contribution in [3.8, 4) is 11.5 Å². The van der Waals surface area contributed by atoms with Crippen molar-refractivity contribution in [3.63, 3.8) is 0 Å². The third-order valence-corrected chi connectivity index (χ3v) is 5.54. The van der Waals surface area contributed by atoms with Gasteiger partial charge in [0.2, 0.25) is 17.8 Å². The monoisotopic (exact) mass is 441 g/mol. The van der Waals surface area contributed by atoms with Crippen molar-refractivity contribution in [3.05, 3.63) is 29.5 Å². The van der Waals surface area contributed by atoms with Gasteiger partial charge in [-0.2, -0.15) is 4.98 Å². The maximum atomic E-state index is 11.8. The topological polar surface area (TPSA) is 106 Å². The van der Waals surface area contributed by atoms with Crippen LogP contribution in [0, 0.1) is 5.92 Å². The van der Waals surface area contributed by atoms with Crippen LogP contribution < -0.4 is 25.0 Å². The number of carbonyl (C=O) groups is 2. The Morgan fingerprint density at radius 3 is 2.50 bits per heavy atom. The summed E-state index contributed by atoms with van der Waals surface area (Å²) in [5.74, 6) is 2.14. The van der Waals surface area contributed by atoms with Gasteiger partial charge in [0.15, 0.2) is 0 Å². The standard InChI is InChI=1S/C23H31N5O4/c1-6-28(20-12-17(31-4)8-10-21(20)32-5)13-16-7-9-19-18(11-16)22(24-14(2)29)27-23(26-19)25-15(3)30/h8,10,12,16H,6-7,9,11,13H2,1-5H3,(H2,24,25,26,27,29,30). The van der Waals surface area contributed by atoms with Gasteiger partial charge in [-0.05, 0) is 44.2 Å². The molecule has 0 saturated heterocycles. The summed E-state index contributed by atoms with van der Waals surface area (Å²) < 4.78 is 11.0. The highest BCUT2D eigenvalue weighted by Crippen LogP contribution is 2.35. The minimum Gasteiger partial charge on any atom is -0.497 e. The molecule has 0 radical (unpaired) electrons. The molecule has 1 aromatic carbocycles. The Kier molecular flexibility index (Phi) is 7.50. The highest BCUT2D eigenvalue weighted by molar-refractivity contribution is 5.90. The molecule has 2 amide bonds. The van der Waals surface area contributed by atoms with E-state index in [2.05, 4.69) is 32.4 Å². The second-order valence-corrected chi connectivity index (χ2v) is 7.87. The Labute approximate surface area is 188 Å². The van der Waals surface area contributed by atoms with Gasteiger partial charge in [-0.25, -0.2) is 4.98 Å². The van der Waals surface area contributed by atoms with Crippen molar-refractivity contribution in [2.24, 2.45) is 5.92 Å². The summed E-state index contributed by atoms with van der Waals surface area (Å²) in [4.78, 5) is 34.4. The minimum atomic E-state index is -0.252. The van der Waals surface area contributed by atoms with Crippen LogP contribution in [0.25, 0.3) is 0 Å². The first-order valence-electron chi connectivity index (χ1n) is 10.8. The fraction of sp³-hybridized carbons (Fsp3) is 0.478. The van der Waals surface area contributed by atoms with Gasteiger partial charge in [0.05, 0.1) is 25.6 Å². The van der Waals surface area contributed by atoms with Crippen molar-refractivity contribution < 1.29 is 19.1 Å². The predicted octanol–water partition coefficient (Wildman–Crippen LogP) is 3.04. The highest BCUT2D eigenvalue weighted by atomic mass is 16.5. The van der Waals surface area contributed by atoms with Gasteiger partial charge in [-0.15, -0.1) is 0 Å². The quantitative estimate of drug-likeness (QED) is 0.649. The van der Waals surface area contributed by atoms with Gasteiger partial charge in [0.1, 0.15) is 17.3 Å². The number of hydrogen-bond acceptors (Lipinski definition) is 7. The van der Waals surface area contributed by atoms with Crippen molar-refractivity contribution in [1.29, 1.82) is 0 Å². The first-order valence-corrected chi connectivity index (χ1v) is 10.8. The first kappa shape index (κ1) is 23.3. The molecule has 0 saturated carbocycles. The number of methoxy groups -OCH3 is 2. The number of nitrogens with one attached hydrogen (secondary N) is 2. The Bertz CT molecular complexity index is 995. The van der Waals surface area contributed by atoms with Crippen LogP contribution in [0.5, 0.6) is 11.5 Å². The van der Waals surface area contributed by atoms with E-state index < -0.39 is 0 Å². The zero-order chi connectivity index (χ0) is 23.3. The summed E-state index contributed by atoms with van der Waals surface area (Å²) in [6, 6.07) is 5.79. The van der Waals surface area contributed by atoms with Crippen LogP contribution >= 0.6 is 0 Å². The van der Waals surface area contributed by atoms with Crippen LogP contribution in [0.1, 0.15) is 38.4 Å². The molecule has 1 heterocycles. The van der Waals surface area contributed by atoms with E-state index in [0.717, 1.165) is 60.8 Å². The van der Waals surface area contributed by atoms with Crippen molar-refractivity contribution in [2.45, 2.75) is 40.0 Å². The number of benzene rings is 1. The molecule has 1 unspecified atom stereocenters. The second-order valence-electron chi connectivity index (χ2n) is 7.87. The van der Waals surface area contributed by atoms with Gasteiger partial charge in [-0.1, -0.05) is 0 Å². The summed E-state index contributed by atoms with van der Waals surface area (Å²) in [5, 5.41) is 5.43. The fourth-order valence-corrected chi connectivity index (χ4v) is 4.08. The lowest BCUT2D eigenvalue weighted by Crippen LogP contribution is -2.33. The molecule has 3 rings (SSSR count). The summed E-state index contributed by atoms with van der Waals surface area (Å²) in [5.41, 5.74) is 2.78. The van der Waals surface area contributed by atoms with E-state index >= 15 is 0 Å². The number of hydrogen-bond donors (Lipinski definition) is 2. The van der Waals surface area contributed by atoms with Crippen LogP contribution in [-0.2, 0) is 22.4 Å². The molecule has 172 valence electrons. The number of fused-ring (bicyclic) bond motifs is 1. The predicted molar refractivity (Wildman–Crippen MR) is 124 cm³/mol. The van der Waals surface area contributed by atoms with E-state index in [9.17, 15) is 9.59 Å². The number of anilines is 3. The summed E-state index contributed by atoms with van der Waals surface area (Å²) in [7, 11) is 3.32. The zero-order valence-electron chi connectivity index (χ0n) is 19.3. The Morgan fingerprint density at radius 1 is 1.12 bits per heavy atom. The number of aryl methyl sites for hydroxylation is 1. The molecule has 1 atom stereocenters. The maximum Gasteiger partial charge on any atom is 0.231 e. The van der Waals surface area contributed by atoms with Crippen LogP contribution in [0.3, 0.4) is 0 Å². The molecule has 9 nitrogen and oxygen atoms in total. The lowest BCUT2D eigenvalue weighted by atomic mass is 9.86. The van der Waals surface area contributed by atoms with E-state index in [1.54, 1.807) is 14.2 Å². The van der Waals surface area contributed by atoms with Crippen molar-refractivity contribution in [2.75, 3.05) is 42.8 Å². The summed E-state index contributed by atoms with van der Waals surface area (Å²) in [6.07, 6.45) is 2.41. The maximum absolute atomic E-state index is 11.8. The van der Waals surface area contributed by atoms with Gasteiger partial charge < -0.3 is 19.7 Å². The van der Waals surface area contributed by atoms with Crippen LogP contribution in [0.2, 0.25) is 0 Å². The van der Waals surface area contributed by atoms with Gasteiger partial charge in [-0.3, -0.25) is 14.9 Å². The fourth-order valence-electron chi connectivity index (χ4n) is 4.08. The number of ether oxygens (including phenoxy) is 2. The highest BCUT2D eigenvalue weighted by Gasteiger charge is 2.27. The molecule has 2 aromatic rings. The average Bonchev–Trinajstić information content (AvgIpc) is 2.76. The summed E-state index contributed by atoms with van der Waals surface area (Å²) >= 11 is 0. The van der Waals surface area contributed by atoms with Crippen LogP contribution in [-0.4, -0.2) is 49.1 Å². The van der Waals surface area contributed by atoms with Crippen molar-refractivity contribution >= 4 is 29.3 Å². The molecule has 1 aliphatic carbocycles. The number of nitrogens with zero attached hydrogens (tertiary/aromatic N) is 3. The number of rotatable bonds is 8. The van der Waals surface area contributed by atoms with E-state index in [0.29, 0.717) is 11.7 Å². The Morgan fingerprint density at radius 2 is 1.88 bits per heavy atom. The average molecular weight is 442 g/mol. The van der Waals surface area contributed by atoms with Crippen LogP contribution in [0.15, 0.2) is 18.2 Å². The molecular weight excluding hydrogens is 410 g/mol. The van der Waals surface area contributed by atoms with E-state index in [4.69, 9.17) is 9.47 Å². The molecule has 0 spiro atoms. The van der Waals surface area contributed by atoms with Gasteiger partial charge >= 0.3 is 0 Å². The number of carbonyl (C=O) groups excluding carboxylic acids is 2. The largest absolute Gasteiger partial charge is 0.497 e. The first-order chi connectivity index (χ1) is 15.3. The Hall–Kier alpha value is -3.36. The third-order valence-electron chi connectivity index (χ3n) is 5.54. The zero-order valence-corrected chi connectivity index (χ0v) is 19.3. The second kappa shape index (κ2) is 10.3. The third kappa shape index (κ3) is 5.46. The molecular formula is C23H31N5O4. The number of amides is 2. The molecule has 2 N–H and O–H groups in total. The van der Waals surface area contributed by atoms with Gasteiger partial charge in [0, 0.05) is 38.6 Å². The Balaban J connectivity index is 1.86. The normalized spacial score (nSPS) is 14.8. The van der Waals surface area contributed by atoms with Crippen LogP contribution in [0.4, 0.5) is 17.5 Å². The van der Waals surface area contributed by atoms with Gasteiger partial charge in [0.25, 0.3) is 0 Å². The molecule has 9 heteroatoms. The molecule has 32 heavy (non-hydrogen) atoms. The molecule has 0 aliphatic heterocycles. The lowest BCUT2D eigenvalue weighted by molar-refractivity contribution is -0.115. The number of aromatic nitrogens is 2. The molecule has 0 bridgehead atoms. The minimum absolute atomic E-state index is 0.210. The molecule has 1 aliphatic rings. The van der Waals surface area contributed by atoms with E-state index in [1.807, 2.05) is 18.2 Å². The smallest absolute Gasteiger partial charge is 0.231 e. The molecule has 0 fully saturated rings. The lowest BCUT2D eigenvalue weighted by Gasteiger charge is -2.32. The SMILES string of the molecule is CCN(CC1CCc2nc(NC(C)=O)nc(NC(C)=O)c2C1)c1cc(OC)ccc1OC. The van der Waals surface area contributed by atoms with Crippen molar-refractivity contribution in [1.82, 2.24) is 9.97 Å². The molecule has 1 aromatic heterocycles. The van der Waals surface area contributed by atoms with E-state index in [1.165, 1.54) is 13.8 Å². The summed E-state index contributed by atoms with van der Waals surface area (Å²) in [6.45, 7) is 6.58.